The molecule has 1 atom stereocenters. The normalized spacial score (nSPS) is 12.6. The van der Waals surface area contributed by atoms with E-state index < -0.39 is 0 Å². The van der Waals surface area contributed by atoms with Crippen LogP contribution >= 0.6 is 0 Å². The molecule has 0 radical (unpaired) electrons. The van der Waals surface area contributed by atoms with Gasteiger partial charge in [-0.3, -0.25) is 4.98 Å². The highest BCUT2D eigenvalue weighted by atomic mass is 14.9. The first-order valence-electron chi connectivity index (χ1n) is 5.55. The van der Waals surface area contributed by atoms with Gasteiger partial charge in [-0.25, -0.2) is 0 Å². The van der Waals surface area contributed by atoms with Gasteiger partial charge >= 0.3 is 0 Å². The van der Waals surface area contributed by atoms with Crippen LogP contribution in [0.3, 0.4) is 0 Å². The third-order valence-electron chi connectivity index (χ3n) is 2.65. The van der Waals surface area contributed by atoms with Gasteiger partial charge in [0.2, 0.25) is 0 Å². The van der Waals surface area contributed by atoms with Crippen LogP contribution in [0.5, 0.6) is 0 Å². The van der Waals surface area contributed by atoms with E-state index >= 15 is 0 Å². The number of nitrogens with one attached hydrogen (secondary N) is 1. The number of fused-ring (bicyclic) bond motifs is 1. The summed E-state index contributed by atoms with van der Waals surface area (Å²) in [5, 5.41) is 4.55. The third-order valence-corrected chi connectivity index (χ3v) is 2.65. The van der Waals surface area contributed by atoms with Crippen LogP contribution in [-0.2, 0) is 0 Å². The molecule has 2 rings (SSSR count). The number of nitrogens with zero attached hydrogens (tertiary/aromatic N) is 1. The molecule has 2 aromatic rings. The second kappa shape index (κ2) is 4.90. The zero-order valence-electron chi connectivity index (χ0n) is 9.48. The highest BCUT2D eigenvalue weighted by Gasteiger charge is 2.05. The second-order valence-corrected chi connectivity index (χ2v) is 3.73. The number of hydrogen-bond donors (Lipinski definition) is 1. The predicted molar refractivity (Wildman–Crippen MR) is 68.4 cm³/mol. The topological polar surface area (TPSA) is 24.9 Å². The van der Waals surface area contributed by atoms with Crippen LogP contribution in [0.2, 0.25) is 0 Å². The zero-order valence-corrected chi connectivity index (χ0v) is 9.48. The van der Waals surface area contributed by atoms with Crippen LogP contribution in [0.15, 0.2) is 49.2 Å². The van der Waals surface area contributed by atoms with Gasteiger partial charge in [-0.1, -0.05) is 25.1 Å². The molecule has 0 saturated carbocycles. The molecular formula is C14H16N2. The molecule has 0 aliphatic heterocycles. The van der Waals surface area contributed by atoms with Crippen molar-refractivity contribution in [2.24, 2.45) is 0 Å². The van der Waals surface area contributed by atoms with Crippen LogP contribution in [0.4, 0.5) is 0 Å². The Balaban J connectivity index is 2.41. The van der Waals surface area contributed by atoms with Gasteiger partial charge in [-0.15, -0.1) is 6.58 Å². The fourth-order valence-electron chi connectivity index (χ4n) is 1.84. The SMILES string of the molecule is C=CC(NCC)c1ccc2ncccc2c1. The minimum absolute atomic E-state index is 0.217. The lowest BCUT2D eigenvalue weighted by atomic mass is 10.0. The Morgan fingerprint density at radius 2 is 2.31 bits per heavy atom. The molecule has 82 valence electrons. The molecule has 2 nitrogen and oxygen atoms in total. The summed E-state index contributed by atoms with van der Waals surface area (Å²) in [5.41, 5.74) is 2.27. The molecule has 0 spiro atoms. The molecule has 1 unspecified atom stereocenters. The molecule has 0 bridgehead atoms. The van der Waals surface area contributed by atoms with Crippen molar-refractivity contribution >= 4 is 10.9 Å². The average molecular weight is 212 g/mol. The van der Waals surface area contributed by atoms with Gasteiger partial charge in [0, 0.05) is 11.6 Å². The highest BCUT2D eigenvalue weighted by molar-refractivity contribution is 5.79. The van der Waals surface area contributed by atoms with Gasteiger partial charge in [0.15, 0.2) is 0 Å². The Kier molecular flexibility index (Phi) is 3.32. The fourth-order valence-corrected chi connectivity index (χ4v) is 1.84. The minimum Gasteiger partial charge on any atom is -0.307 e. The van der Waals surface area contributed by atoms with Gasteiger partial charge < -0.3 is 5.32 Å². The summed E-state index contributed by atoms with van der Waals surface area (Å²) < 4.78 is 0. The molecule has 0 saturated heterocycles. The summed E-state index contributed by atoms with van der Waals surface area (Å²) in [6, 6.07) is 10.6. The maximum absolute atomic E-state index is 4.31. The molecule has 0 aliphatic carbocycles. The van der Waals surface area contributed by atoms with Crippen LogP contribution < -0.4 is 5.32 Å². The maximum Gasteiger partial charge on any atom is 0.0702 e. The van der Waals surface area contributed by atoms with Crippen LogP contribution in [-0.4, -0.2) is 11.5 Å². The summed E-state index contributed by atoms with van der Waals surface area (Å²) in [4.78, 5) is 4.31. The second-order valence-electron chi connectivity index (χ2n) is 3.73. The van der Waals surface area contributed by atoms with Crippen LogP contribution in [0.1, 0.15) is 18.5 Å². The number of benzene rings is 1. The first-order chi connectivity index (χ1) is 7.85. The Morgan fingerprint density at radius 1 is 1.44 bits per heavy atom. The molecule has 0 aliphatic rings. The van der Waals surface area contributed by atoms with Crippen LogP contribution in [0.25, 0.3) is 10.9 Å². The van der Waals surface area contributed by atoms with Crippen molar-refractivity contribution in [1.82, 2.24) is 10.3 Å². The fraction of sp³-hybridized carbons (Fsp3) is 0.214. The van der Waals surface area contributed by atoms with Gasteiger partial charge in [0.25, 0.3) is 0 Å². The molecule has 0 amide bonds. The lowest BCUT2D eigenvalue weighted by Gasteiger charge is -2.14. The van der Waals surface area contributed by atoms with Crippen molar-refractivity contribution in [3.8, 4) is 0 Å². The lowest BCUT2D eigenvalue weighted by molar-refractivity contribution is 0.650. The summed E-state index contributed by atoms with van der Waals surface area (Å²) >= 11 is 0. The van der Waals surface area contributed by atoms with Crippen molar-refractivity contribution < 1.29 is 0 Å². The van der Waals surface area contributed by atoms with E-state index in [0.717, 1.165) is 12.1 Å². The van der Waals surface area contributed by atoms with Gasteiger partial charge in [-0.05, 0) is 30.3 Å². The van der Waals surface area contributed by atoms with Crippen LogP contribution in [0, 0.1) is 0 Å². The Bertz CT molecular complexity index is 491. The smallest absolute Gasteiger partial charge is 0.0702 e. The third kappa shape index (κ3) is 2.12. The molecule has 1 N–H and O–H groups in total. The largest absolute Gasteiger partial charge is 0.307 e. The molecule has 0 fully saturated rings. The molecule has 1 aromatic carbocycles. The zero-order chi connectivity index (χ0) is 11.4. The number of aromatic nitrogens is 1. The lowest BCUT2D eigenvalue weighted by Crippen LogP contribution is -2.18. The minimum atomic E-state index is 0.217. The van der Waals surface area contributed by atoms with Crippen molar-refractivity contribution in [3.63, 3.8) is 0 Å². The van der Waals surface area contributed by atoms with E-state index in [2.05, 4.69) is 48.1 Å². The van der Waals surface area contributed by atoms with Crippen molar-refractivity contribution in [2.75, 3.05) is 6.54 Å². The number of likely N-dealkylation sites (N-methyl/N-ethyl adjacent to an activating group) is 1. The van der Waals surface area contributed by atoms with E-state index in [1.807, 2.05) is 18.3 Å². The van der Waals surface area contributed by atoms with Crippen molar-refractivity contribution in [2.45, 2.75) is 13.0 Å². The monoisotopic (exact) mass is 212 g/mol. The Labute approximate surface area is 96.0 Å². The maximum atomic E-state index is 4.31. The summed E-state index contributed by atoms with van der Waals surface area (Å²) in [7, 11) is 0. The number of pyridine rings is 1. The highest BCUT2D eigenvalue weighted by Crippen LogP contribution is 2.19. The summed E-state index contributed by atoms with van der Waals surface area (Å²) in [6.45, 7) is 6.89. The first kappa shape index (κ1) is 10.8. The molecule has 1 aromatic heterocycles. The van der Waals surface area contributed by atoms with Crippen molar-refractivity contribution in [1.29, 1.82) is 0 Å². The molecule has 16 heavy (non-hydrogen) atoms. The quantitative estimate of drug-likeness (QED) is 0.788. The predicted octanol–water partition coefficient (Wildman–Crippen LogP) is 3.07. The molecule has 2 heteroatoms. The van der Waals surface area contributed by atoms with E-state index in [1.54, 1.807) is 0 Å². The standard InChI is InChI=1S/C14H16N2/c1-3-13(15-4-2)12-7-8-14-11(10-12)6-5-9-16-14/h3,5-10,13,15H,1,4H2,2H3. The summed E-state index contributed by atoms with van der Waals surface area (Å²) in [6.07, 6.45) is 3.75. The molecular weight excluding hydrogens is 196 g/mol. The summed E-state index contributed by atoms with van der Waals surface area (Å²) in [5.74, 6) is 0. The number of hydrogen-bond acceptors (Lipinski definition) is 2. The Hall–Kier alpha value is -1.67. The number of rotatable bonds is 4. The van der Waals surface area contributed by atoms with E-state index in [0.29, 0.717) is 0 Å². The van der Waals surface area contributed by atoms with Gasteiger partial charge in [0.05, 0.1) is 11.6 Å². The Morgan fingerprint density at radius 3 is 3.06 bits per heavy atom. The average Bonchev–Trinajstić information content (AvgIpc) is 2.35. The first-order valence-corrected chi connectivity index (χ1v) is 5.55. The van der Waals surface area contributed by atoms with E-state index in [4.69, 9.17) is 0 Å². The van der Waals surface area contributed by atoms with Gasteiger partial charge in [0.1, 0.15) is 0 Å². The van der Waals surface area contributed by atoms with E-state index in [9.17, 15) is 0 Å². The van der Waals surface area contributed by atoms with E-state index in [-0.39, 0.29) is 6.04 Å². The van der Waals surface area contributed by atoms with E-state index in [1.165, 1.54) is 10.9 Å². The molecule has 1 heterocycles. The van der Waals surface area contributed by atoms with Gasteiger partial charge in [-0.2, -0.15) is 0 Å². The van der Waals surface area contributed by atoms with Crippen molar-refractivity contribution in [3.05, 3.63) is 54.7 Å².